The maximum atomic E-state index is 14.8. The van der Waals surface area contributed by atoms with Crippen molar-refractivity contribution in [1.29, 1.82) is 5.26 Å². The fourth-order valence-corrected chi connectivity index (χ4v) is 8.13. The average Bonchev–Trinajstić information content (AvgIpc) is 3.74. The summed E-state index contributed by atoms with van der Waals surface area (Å²) in [6.07, 6.45) is 2.20. The van der Waals surface area contributed by atoms with Crippen LogP contribution in [0.4, 0.5) is 5.82 Å². The van der Waals surface area contributed by atoms with Gasteiger partial charge >= 0.3 is 25.7 Å². The number of nitriles is 1. The fourth-order valence-electron chi connectivity index (χ4n) is 6.64. The second-order valence-corrected chi connectivity index (χ2v) is 16.6. The van der Waals surface area contributed by atoms with Gasteiger partial charge in [-0.2, -0.15) is 15.4 Å². The third-order valence-corrected chi connectivity index (χ3v) is 11.8. The zero-order valence-corrected chi connectivity index (χ0v) is 34.0. The van der Waals surface area contributed by atoms with Crippen LogP contribution >= 0.6 is 7.75 Å². The molecular formula is C39H53N6O10P. The minimum atomic E-state index is -4.50. The second kappa shape index (κ2) is 18.1. The van der Waals surface area contributed by atoms with Gasteiger partial charge in [-0.25, -0.2) is 14.1 Å². The molecule has 0 spiro atoms. The van der Waals surface area contributed by atoms with Gasteiger partial charge in [0.05, 0.1) is 30.7 Å². The summed E-state index contributed by atoms with van der Waals surface area (Å²) in [6, 6.07) is 9.49. The molecule has 0 radical (unpaired) electrons. The summed E-state index contributed by atoms with van der Waals surface area (Å²) in [4.78, 5) is 43.7. The molecule has 1 aromatic carbocycles. The molecule has 6 atom stereocenters. The van der Waals surface area contributed by atoms with Crippen LogP contribution in [0.3, 0.4) is 0 Å². The highest BCUT2D eigenvalue weighted by molar-refractivity contribution is 7.52. The number of nitrogens with two attached hydrogens (primary N) is 1. The van der Waals surface area contributed by atoms with E-state index in [0.717, 1.165) is 44.1 Å². The number of aryl methyl sites for hydroxylation is 2. The van der Waals surface area contributed by atoms with E-state index in [1.54, 1.807) is 45.9 Å². The third kappa shape index (κ3) is 9.35. The summed E-state index contributed by atoms with van der Waals surface area (Å²) in [5.74, 6) is -2.84. The lowest BCUT2D eigenvalue weighted by Gasteiger charge is -2.29. The second-order valence-electron chi connectivity index (χ2n) is 14.9. The Bertz CT molecular complexity index is 1980. The van der Waals surface area contributed by atoms with Gasteiger partial charge in [0.1, 0.15) is 35.8 Å². The molecule has 3 aromatic rings. The smallest absolute Gasteiger partial charge is 0.459 e. The Morgan fingerprint density at radius 3 is 2.36 bits per heavy atom. The number of ether oxygens (including phenoxy) is 4. The highest BCUT2D eigenvalue weighted by Crippen LogP contribution is 2.49. The zero-order valence-electron chi connectivity index (χ0n) is 33.1. The molecule has 17 heteroatoms. The topological polar surface area (TPSA) is 216 Å². The van der Waals surface area contributed by atoms with Crippen LogP contribution in [-0.2, 0) is 60.9 Å². The Hall–Kier alpha value is -4.55. The summed E-state index contributed by atoms with van der Waals surface area (Å²) < 4.78 is 52.3. The maximum absolute atomic E-state index is 14.8. The summed E-state index contributed by atoms with van der Waals surface area (Å²) in [5, 5.41) is 18.0. The molecular weight excluding hydrogens is 743 g/mol. The van der Waals surface area contributed by atoms with Crippen LogP contribution < -0.4 is 15.3 Å². The summed E-state index contributed by atoms with van der Waals surface area (Å²) in [7, 11) is -4.50. The van der Waals surface area contributed by atoms with Crippen LogP contribution in [0, 0.1) is 29.1 Å². The summed E-state index contributed by atoms with van der Waals surface area (Å²) in [5.41, 5.74) is 6.60. The SMILES string of the molecule is CCC(CC)COC(=O)[C@H](C)NP(=O)(OC[C@H]1O[C@@](C#N)(c2ccc3c(N)ncnn23)[C@H](OC(=O)C(C)C)[C@@H]1OC(=O)C(C)C)Oc1ccc2c(c1)CCCC2. The van der Waals surface area contributed by atoms with Crippen molar-refractivity contribution in [1.82, 2.24) is 19.7 Å². The van der Waals surface area contributed by atoms with Crippen LogP contribution in [0.2, 0.25) is 0 Å². The van der Waals surface area contributed by atoms with E-state index in [4.69, 9.17) is 33.7 Å². The summed E-state index contributed by atoms with van der Waals surface area (Å²) >= 11 is 0. The van der Waals surface area contributed by atoms with Crippen LogP contribution in [0.1, 0.15) is 91.0 Å². The van der Waals surface area contributed by atoms with Gasteiger partial charge in [0.25, 0.3) is 0 Å². The summed E-state index contributed by atoms with van der Waals surface area (Å²) in [6.45, 7) is 11.5. The van der Waals surface area contributed by atoms with Crippen molar-refractivity contribution in [2.24, 2.45) is 17.8 Å². The first-order valence-corrected chi connectivity index (χ1v) is 20.8. The number of esters is 3. The van der Waals surface area contributed by atoms with Crippen molar-refractivity contribution in [3.8, 4) is 11.8 Å². The molecule has 56 heavy (non-hydrogen) atoms. The molecule has 5 rings (SSSR count). The number of hydrogen-bond acceptors (Lipinski definition) is 14. The average molecular weight is 797 g/mol. The molecule has 1 aliphatic carbocycles. The minimum absolute atomic E-state index is 0.0965. The molecule has 0 bridgehead atoms. The molecule has 3 heterocycles. The van der Waals surface area contributed by atoms with Crippen molar-refractivity contribution in [2.45, 2.75) is 117 Å². The number of carbonyl (C=O) groups is 3. The van der Waals surface area contributed by atoms with Crippen molar-refractivity contribution in [3.05, 3.63) is 53.5 Å². The predicted octanol–water partition coefficient (Wildman–Crippen LogP) is 5.60. The van der Waals surface area contributed by atoms with Gasteiger partial charge in [0, 0.05) is 0 Å². The normalized spacial score (nSPS) is 22.3. The van der Waals surface area contributed by atoms with Gasteiger partial charge in [-0.1, -0.05) is 60.5 Å². The van der Waals surface area contributed by atoms with E-state index in [0.29, 0.717) is 5.52 Å². The predicted molar refractivity (Wildman–Crippen MR) is 204 cm³/mol. The number of nitrogen functional groups attached to an aromatic ring is 1. The van der Waals surface area contributed by atoms with Gasteiger partial charge < -0.3 is 29.2 Å². The van der Waals surface area contributed by atoms with Crippen molar-refractivity contribution >= 4 is 37.0 Å². The van der Waals surface area contributed by atoms with Crippen LogP contribution in [0.5, 0.6) is 5.75 Å². The Morgan fingerprint density at radius 2 is 1.70 bits per heavy atom. The van der Waals surface area contributed by atoms with E-state index >= 15 is 0 Å². The molecule has 0 saturated carbocycles. The first-order valence-electron chi connectivity index (χ1n) is 19.2. The molecule has 304 valence electrons. The lowest BCUT2D eigenvalue weighted by Crippen LogP contribution is -2.47. The lowest BCUT2D eigenvalue weighted by atomic mass is 9.92. The van der Waals surface area contributed by atoms with E-state index < -0.39 is 74.1 Å². The molecule has 16 nitrogen and oxygen atoms in total. The fraction of sp³-hybridized carbons (Fsp3) is 0.590. The van der Waals surface area contributed by atoms with Gasteiger partial charge in [-0.3, -0.25) is 18.9 Å². The number of carbonyl (C=O) groups excluding carboxylic acids is 3. The number of nitrogens with one attached hydrogen (secondary N) is 1. The van der Waals surface area contributed by atoms with Crippen LogP contribution in [0.15, 0.2) is 36.7 Å². The minimum Gasteiger partial charge on any atom is -0.464 e. The zero-order chi connectivity index (χ0) is 40.8. The molecule has 3 N–H and O–H groups in total. The molecule has 0 amide bonds. The number of fused-ring (bicyclic) bond motifs is 2. The Morgan fingerprint density at radius 1 is 1.02 bits per heavy atom. The number of hydrogen-bond donors (Lipinski definition) is 2. The number of benzene rings is 1. The van der Waals surface area contributed by atoms with Crippen molar-refractivity contribution < 1.29 is 46.9 Å². The molecule has 1 aliphatic heterocycles. The van der Waals surface area contributed by atoms with Crippen LogP contribution in [-0.4, -0.2) is 70.1 Å². The number of rotatable bonds is 17. The van der Waals surface area contributed by atoms with E-state index in [9.17, 15) is 24.2 Å². The molecule has 1 saturated heterocycles. The van der Waals surface area contributed by atoms with E-state index in [-0.39, 0.29) is 29.8 Å². The van der Waals surface area contributed by atoms with Crippen molar-refractivity contribution in [3.63, 3.8) is 0 Å². The van der Waals surface area contributed by atoms with Crippen molar-refractivity contribution in [2.75, 3.05) is 18.9 Å². The number of aromatic nitrogens is 3. The van der Waals surface area contributed by atoms with E-state index in [1.165, 1.54) is 29.4 Å². The standard InChI is InChI=1S/C39H53N6O10P/c1-8-26(9-2)19-50-38(48)25(7)44-56(49,55-29-15-14-27-12-10-11-13-28(27)18-29)51-20-31-33(52-36(46)23(3)4)34(53-37(47)24(5)6)39(21-40,54-31)32-17-16-30-35(41)42-22-43-45(30)32/h14-18,22-26,31,33-34H,8-13,19-20H2,1-7H3,(H,44,49)(H2,41,42,43)/t25-,31+,33+,34+,39-,56?/m0/s1. The van der Waals surface area contributed by atoms with E-state index in [1.807, 2.05) is 19.9 Å². The van der Waals surface area contributed by atoms with Gasteiger partial charge in [-0.05, 0) is 73.9 Å². The third-order valence-electron chi connectivity index (χ3n) is 10.1. The van der Waals surface area contributed by atoms with Crippen LogP contribution in [0.25, 0.3) is 5.52 Å². The number of anilines is 1. The Balaban J connectivity index is 1.53. The van der Waals surface area contributed by atoms with E-state index in [2.05, 4.69) is 21.2 Å². The first kappa shape index (κ1) is 42.6. The largest absolute Gasteiger partial charge is 0.464 e. The highest BCUT2D eigenvalue weighted by Gasteiger charge is 2.63. The van der Waals surface area contributed by atoms with Gasteiger partial charge in [-0.15, -0.1) is 0 Å². The molecule has 1 unspecified atom stereocenters. The maximum Gasteiger partial charge on any atom is 0.459 e. The lowest BCUT2D eigenvalue weighted by molar-refractivity contribution is -0.173. The Labute approximate surface area is 327 Å². The Kier molecular flexibility index (Phi) is 13.8. The molecule has 2 aliphatic rings. The highest BCUT2D eigenvalue weighted by atomic mass is 31.2. The van der Waals surface area contributed by atoms with Gasteiger partial charge in [0.2, 0.25) is 5.60 Å². The molecule has 2 aromatic heterocycles. The van der Waals surface area contributed by atoms with Gasteiger partial charge in [0.15, 0.2) is 18.0 Å². The molecule has 1 fully saturated rings. The number of nitrogens with zero attached hydrogens (tertiary/aromatic N) is 4. The first-order chi connectivity index (χ1) is 26.6. The quantitative estimate of drug-likeness (QED) is 0.0965. The monoisotopic (exact) mass is 796 g/mol.